The number of nitro groups is 1. The zero-order valence-corrected chi connectivity index (χ0v) is 17.3. The number of rotatable bonds is 6. The van der Waals surface area contributed by atoms with E-state index < -0.39 is 4.92 Å². The van der Waals surface area contributed by atoms with Crippen LogP contribution in [0.5, 0.6) is 0 Å². The van der Waals surface area contributed by atoms with Crippen molar-refractivity contribution in [2.45, 2.75) is 6.92 Å². The summed E-state index contributed by atoms with van der Waals surface area (Å²) in [5.41, 5.74) is 7.60. The summed E-state index contributed by atoms with van der Waals surface area (Å²) in [6, 6.07) is 27.5. The number of nitro benzene ring substituents is 1. The van der Waals surface area contributed by atoms with Gasteiger partial charge in [-0.3, -0.25) is 14.9 Å². The minimum absolute atomic E-state index is 0.0361. The quantitative estimate of drug-likeness (QED) is 0.264. The van der Waals surface area contributed by atoms with Gasteiger partial charge in [0.05, 0.1) is 16.8 Å². The first-order valence-corrected chi connectivity index (χ1v) is 9.95. The lowest BCUT2D eigenvalue weighted by Gasteiger charge is -2.12. The predicted molar refractivity (Wildman–Crippen MR) is 124 cm³/mol. The number of carbonyl (C=O) groups is 1. The van der Waals surface area contributed by atoms with Gasteiger partial charge < -0.3 is 4.57 Å². The molecule has 0 aliphatic heterocycles. The minimum atomic E-state index is -0.479. The fourth-order valence-electron chi connectivity index (χ4n) is 3.43. The number of carbonyl (C=O) groups excluding carboxylic acids is 1. The fraction of sp³-hybridized carbons (Fsp3) is 0.0400. The Balaban J connectivity index is 1.49. The van der Waals surface area contributed by atoms with Gasteiger partial charge >= 0.3 is 0 Å². The molecule has 0 spiro atoms. The van der Waals surface area contributed by atoms with Crippen LogP contribution in [0, 0.1) is 17.0 Å². The summed E-state index contributed by atoms with van der Waals surface area (Å²) in [6.07, 6.45) is 1.37. The minimum Gasteiger partial charge on any atom is -0.314 e. The van der Waals surface area contributed by atoms with Crippen LogP contribution in [0.2, 0.25) is 0 Å². The number of nitrogens with one attached hydrogen (secondary N) is 1. The molecule has 0 fully saturated rings. The maximum absolute atomic E-state index is 12.4. The number of hydrazone groups is 1. The van der Waals surface area contributed by atoms with Crippen molar-refractivity contribution in [2.75, 3.05) is 0 Å². The number of hydrogen-bond donors (Lipinski definition) is 1. The second kappa shape index (κ2) is 9.09. The summed E-state index contributed by atoms with van der Waals surface area (Å²) < 4.78 is 2.14. The molecule has 4 rings (SSSR count). The molecule has 7 heteroatoms. The molecular weight excluding hydrogens is 404 g/mol. The Bertz CT molecular complexity index is 1290. The second-order valence-electron chi connectivity index (χ2n) is 7.16. The molecule has 0 radical (unpaired) electrons. The maximum atomic E-state index is 12.4. The summed E-state index contributed by atoms with van der Waals surface area (Å²) in [5.74, 6) is -0.370. The summed E-state index contributed by atoms with van der Waals surface area (Å²) in [4.78, 5) is 22.8. The van der Waals surface area contributed by atoms with Gasteiger partial charge in [-0.15, -0.1) is 0 Å². The molecule has 1 N–H and O–H groups in total. The van der Waals surface area contributed by atoms with E-state index in [0.29, 0.717) is 11.1 Å². The number of hydrogen-bond acceptors (Lipinski definition) is 4. The first-order chi connectivity index (χ1) is 15.5. The smallest absolute Gasteiger partial charge is 0.271 e. The molecule has 0 saturated heterocycles. The largest absolute Gasteiger partial charge is 0.314 e. The third-order valence-corrected chi connectivity index (χ3v) is 4.99. The summed E-state index contributed by atoms with van der Waals surface area (Å²) in [5, 5.41) is 14.8. The molecule has 0 atom stereocenters. The molecule has 0 aliphatic carbocycles. The van der Waals surface area contributed by atoms with Crippen LogP contribution in [0.1, 0.15) is 21.6 Å². The lowest BCUT2D eigenvalue weighted by molar-refractivity contribution is -0.384. The van der Waals surface area contributed by atoms with Crippen molar-refractivity contribution in [3.63, 3.8) is 0 Å². The van der Waals surface area contributed by atoms with Crippen LogP contribution >= 0.6 is 0 Å². The molecule has 0 bridgehead atoms. The Labute approximate surface area is 184 Å². The first kappa shape index (κ1) is 20.7. The van der Waals surface area contributed by atoms with Crippen LogP contribution in [0.25, 0.3) is 16.9 Å². The van der Waals surface area contributed by atoms with Crippen LogP contribution in [-0.4, -0.2) is 21.6 Å². The highest BCUT2D eigenvalue weighted by Crippen LogP contribution is 2.26. The topological polar surface area (TPSA) is 89.5 Å². The average Bonchev–Trinajstić information content (AvgIpc) is 3.21. The van der Waals surface area contributed by atoms with Crippen molar-refractivity contribution in [1.29, 1.82) is 0 Å². The average molecular weight is 424 g/mol. The second-order valence-corrected chi connectivity index (χ2v) is 7.16. The Morgan fingerprint density at radius 2 is 1.72 bits per heavy atom. The summed E-state index contributed by atoms with van der Waals surface area (Å²) >= 11 is 0. The third kappa shape index (κ3) is 4.46. The monoisotopic (exact) mass is 424 g/mol. The van der Waals surface area contributed by atoms with Gasteiger partial charge in [-0.05, 0) is 48.9 Å². The van der Waals surface area contributed by atoms with Crippen molar-refractivity contribution in [1.82, 2.24) is 9.99 Å². The van der Waals surface area contributed by atoms with E-state index in [9.17, 15) is 14.9 Å². The van der Waals surface area contributed by atoms with E-state index >= 15 is 0 Å². The van der Waals surface area contributed by atoms with Gasteiger partial charge in [0.15, 0.2) is 0 Å². The molecule has 158 valence electrons. The zero-order valence-electron chi connectivity index (χ0n) is 17.3. The molecule has 0 saturated carbocycles. The molecule has 32 heavy (non-hydrogen) atoms. The molecule has 1 aromatic heterocycles. The van der Waals surface area contributed by atoms with E-state index in [1.807, 2.05) is 37.3 Å². The molecule has 1 amide bonds. The number of benzene rings is 3. The van der Waals surface area contributed by atoms with Crippen LogP contribution in [0.15, 0.2) is 96.1 Å². The van der Waals surface area contributed by atoms with Crippen molar-refractivity contribution in [3.05, 3.63) is 118 Å². The molecule has 0 aliphatic rings. The molecular formula is C25H20N4O3. The SMILES string of the molecule is Cc1ccc(-c2ccccc2)n1-c1ccc(C(=O)N/N=C/c2cccc([N+](=O)[O-])c2)cc1. The zero-order chi connectivity index (χ0) is 22.5. The van der Waals surface area contributed by atoms with Gasteiger partial charge in [0.2, 0.25) is 0 Å². The van der Waals surface area contributed by atoms with E-state index in [-0.39, 0.29) is 11.6 Å². The van der Waals surface area contributed by atoms with Gasteiger partial charge in [0, 0.05) is 34.6 Å². The first-order valence-electron chi connectivity index (χ1n) is 9.95. The van der Waals surface area contributed by atoms with Crippen LogP contribution in [0.3, 0.4) is 0 Å². The predicted octanol–water partition coefficient (Wildman–Crippen LogP) is 5.12. The van der Waals surface area contributed by atoms with Gasteiger partial charge in [0.25, 0.3) is 11.6 Å². The Hall–Kier alpha value is -4.52. The molecule has 3 aromatic carbocycles. The number of non-ortho nitro benzene ring substituents is 1. The van der Waals surface area contributed by atoms with Crippen LogP contribution < -0.4 is 5.43 Å². The molecule has 4 aromatic rings. The number of aryl methyl sites for hydroxylation is 1. The highest BCUT2D eigenvalue weighted by atomic mass is 16.6. The lowest BCUT2D eigenvalue weighted by Crippen LogP contribution is -2.17. The number of amides is 1. The van der Waals surface area contributed by atoms with E-state index in [0.717, 1.165) is 22.6 Å². The van der Waals surface area contributed by atoms with Gasteiger partial charge in [-0.25, -0.2) is 5.43 Å². The van der Waals surface area contributed by atoms with E-state index in [1.54, 1.807) is 24.3 Å². The van der Waals surface area contributed by atoms with E-state index in [4.69, 9.17) is 0 Å². The molecule has 0 unspecified atom stereocenters. The van der Waals surface area contributed by atoms with Crippen molar-refractivity contribution >= 4 is 17.8 Å². The van der Waals surface area contributed by atoms with Gasteiger partial charge in [0.1, 0.15) is 0 Å². The van der Waals surface area contributed by atoms with Crippen LogP contribution in [-0.2, 0) is 0 Å². The summed E-state index contributed by atoms with van der Waals surface area (Å²) in [7, 11) is 0. The van der Waals surface area contributed by atoms with Gasteiger partial charge in [-0.2, -0.15) is 5.10 Å². The van der Waals surface area contributed by atoms with Crippen molar-refractivity contribution in [2.24, 2.45) is 5.10 Å². The van der Waals surface area contributed by atoms with Gasteiger partial charge in [-0.1, -0.05) is 42.5 Å². The Morgan fingerprint density at radius 1 is 0.969 bits per heavy atom. The highest BCUT2D eigenvalue weighted by Gasteiger charge is 2.11. The summed E-state index contributed by atoms with van der Waals surface area (Å²) in [6.45, 7) is 2.04. The maximum Gasteiger partial charge on any atom is 0.271 e. The Morgan fingerprint density at radius 3 is 2.44 bits per heavy atom. The fourth-order valence-corrected chi connectivity index (χ4v) is 3.43. The lowest BCUT2D eigenvalue weighted by atomic mass is 10.1. The number of aromatic nitrogens is 1. The third-order valence-electron chi connectivity index (χ3n) is 4.99. The standard InChI is InChI=1S/C25H20N4O3/c1-18-10-15-24(20-7-3-2-4-8-20)28(18)22-13-11-21(12-14-22)25(30)27-26-17-19-6-5-9-23(16-19)29(31)32/h2-17H,1H3,(H,27,30)/b26-17+. The normalized spacial score (nSPS) is 10.9. The molecule has 7 nitrogen and oxygen atoms in total. The van der Waals surface area contributed by atoms with Crippen molar-refractivity contribution < 1.29 is 9.72 Å². The van der Waals surface area contributed by atoms with E-state index in [2.05, 4.69) is 39.4 Å². The highest BCUT2D eigenvalue weighted by molar-refractivity contribution is 5.95. The molecule has 1 heterocycles. The van der Waals surface area contributed by atoms with E-state index in [1.165, 1.54) is 18.3 Å². The van der Waals surface area contributed by atoms with Crippen molar-refractivity contribution in [3.8, 4) is 16.9 Å². The van der Waals surface area contributed by atoms with Crippen LogP contribution in [0.4, 0.5) is 5.69 Å². The Kier molecular flexibility index (Phi) is 5.89. The number of nitrogens with zero attached hydrogens (tertiary/aromatic N) is 3.